The van der Waals surface area contributed by atoms with Gasteiger partial charge in [0.1, 0.15) is 0 Å². The summed E-state index contributed by atoms with van der Waals surface area (Å²) in [5, 5.41) is 16.9. The highest BCUT2D eigenvalue weighted by Gasteiger charge is 2.18. The van der Waals surface area contributed by atoms with Crippen LogP contribution < -0.4 is 5.73 Å². The molecule has 0 rings (SSSR count). The summed E-state index contributed by atoms with van der Waals surface area (Å²) in [5.74, 6) is 0. The van der Waals surface area contributed by atoms with Gasteiger partial charge in [-0.15, -0.1) is 0 Å². The molecule has 14 heavy (non-hydrogen) atoms. The van der Waals surface area contributed by atoms with E-state index in [4.69, 9.17) is 15.9 Å². The van der Waals surface area contributed by atoms with E-state index in [9.17, 15) is 9.59 Å². The summed E-state index contributed by atoms with van der Waals surface area (Å²) in [6, 6.07) is 0. The summed E-state index contributed by atoms with van der Waals surface area (Å²) >= 11 is 0. The van der Waals surface area contributed by atoms with Gasteiger partial charge in [-0.2, -0.15) is 0 Å². The van der Waals surface area contributed by atoms with E-state index in [0.717, 1.165) is 19.3 Å². The Balaban J connectivity index is 3.62. The minimum absolute atomic E-state index is 0.0369. The van der Waals surface area contributed by atoms with E-state index in [1.807, 2.05) is 0 Å². The Bertz CT molecular complexity index is 182. The van der Waals surface area contributed by atoms with Crippen LogP contribution >= 0.6 is 0 Å². The first-order chi connectivity index (χ1) is 6.59. The molecule has 4 N–H and O–H groups in total. The van der Waals surface area contributed by atoms with Crippen molar-refractivity contribution in [3.8, 4) is 0 Å². The normalized spacial score (nSPS) is 9.79. The largest absolute Gasteiger partial charge is 0.465 e. The van der Waals surface area contributed by atoms with E-state index in [1.165, 1.54) is 0 Å². The lowest BCUT2D eigenvalue weighted by Gasteiger charge is -2.12. The molecule has 0 aliphatic heterocycles. The molecule has 0 saturated carbocycles. The van der Waals surface area contributed by atoms with E-state index in [2.05, 4.69) is 0 Å². The van der Waals surface area contributed by atoms with Gasteiger partial charge in [-0.05, 0) is 19.4 Å². The van der Waals surface area contributed by atoms with E-state index >= 15 is 0 Å². The number of imide groups is 1. The quantitative estimate of drug-likeness (QED) is 0.563. The topological polar surface area (TPSA) is 104 Å². The SMILES string of the molecule is NCCCCCCN(C(=O)O)C(=O)O. The van der Waals surface area contributed by atoms with Gasteiger partial charge in [0, 0.05) is 6.54 Å². The molecule has 0 aromatic rings. The molecule has 6 nitrogen and oxygen atoms in total. The van der Waals surface area contributed by atoms with Crippen LogP contribution in [0.4, 0.5) is 9.59 Å². The minimum Gasteiger partial charge on any atom is -0.465 e. The van der Waals surface area contributed by atoms with Crippen LogP contribution in [-0.2, 0) is 0 Å². The first-order valence-electron chi connectivity index (χ1n) is 4.53. The van der Waals surface area contributed by atoms with Crippen molar-refractivity contribution < 1.29 is 19.8 Å². The fourth-order valence-corrected chi connectivity index (χ4v) is 1.04. The number of nitrogens with zero attached hydrogens (tertiary/aromatic N) is 1. The van der Waals surface area contributed by atoms with Gasteiger partial charge in [0.05, 0.1) is 0 Å². The number of rotatable bonds is 6. The molecule has 0 radical (unpaired) electrons. The van der Waals surface area contributed by atoms with Gasteiger partial charge in [-0.1, -0.05) is 12.8 Å². The predicted molar refractivity (Wildman–Crippen MR) is 50.3 cm³/mol. The Morgan fingerprint density at radius 2 is 1.50 bits per heavy atom. The number of nitrogens with two attached hydrogens (primary N) is 1. The van der Waals surface area contributed by atoms with Crippen LogP contribution in [0.5, 0.6) is 0 Å². The van der Waals surface area contributed by atoms with Crippen LogP contribution in [0.25, 0.3) is 0 Å². The third kappa shape index (κ3) is 5.36. The Kier molecular flexibility index (Phi) is 6.47. The van der Waals surface area contributed by atoms with Gasteiger partial charge < -0.3 is 15.9 Å². The van der Waals surface area contributed by atoms with Crippen molar-refractivity contribution in [1.29, 1.82) is 0 Å². The zero-order valence-electron chi connectivity index (χ0n) is 7.98. The molecule has 0 bridgehead atoms. The average Bonchev–Trinajstić information content (AvgIpc) is 2.09. The lowest BCUT2D eigenvalue weighted by atomic mass is 10.2. The molecule has 6 heteroatoms. The van der Waals surface area contributed by atoms with E-state index in [0.29, 0.717) is 17.9 Å². The summed E-state index contributed by atoms with van der Waals surface area (Å²) in [5.41, 5.74) is 5.27. The molecule has 0 atom stereocenters. The van der Waals surface area contributed by atoms with Crippen molar-refractivity contribution in [2.45, 2.75) is 25.7 Å². The fourth-order valence-electron chi connectivity index (χ4n) is 1.04. The number of carbonyl (C=O) groups is 2. The van der Waals surface area contributed by atoms with Crippen LogP contribution in [-0.4, -0.2) is 40.4 Å². The van der Waals surface area contributed by atoms with Crippen molar-refractivity contribution in [2.24, 2.45) is 5.73 Å². The van der Waals surface area contributed by atoms with Crippen molar-refractivity contribution in [2.75, 3.05) is 13.1 Å². The van der Waals surface area contributed by atoms with Gasteiger partial charge >= 0.3 is 12.2 Å². The second kappa shape index (κ2) is 7.14. The highest BCUT2D eigenvalue weighted by atomic mass is 16.4. The molecule has 0 fully saturated rings. The van der Waals surface area contributed by atoms with Crippen molar-refractivity contribution in [3.05, 3.63) is 0 Å². The maximum absolute atomic E-state index is 10.4. The fraction of sp³-hybridized carbons (Fsp3) is 0.750. The second-order valence-electron chi connectivity index (χ2n) is 2.92. The molecule has 0 heterocycles. The van der Waals surface area contributed by atoms with Gasteiger partial charge in [-0.25, -0.2) is 14.5 Å². The minimum atomic E-state index is -1.42. The van der Waals surface area contributed by atoms with Crippen molar-refractivity contribution in [1.82, 2.24) is 4.90 Å². The van der Waals surface area contributed by atoms with Crippen LogP contribution in [0.15, 0.2) is 0 Å². The molecule has 82 valence electrons. The molecule has 0 saturated heterocycles. The molecule has 0 aromatic carbocycles. The summed E-state index contributed by atoms with van der Waals surface area (Å²) in [6.45, 7) is 0.650. The third-order valence-corrected chi connectivity index (χ3v) is 1.80. The van der Waals surface area contributed by atoms with Gasteiger partial charge in [0.25, 0.3) is 0 Å². The summed E-state index contributed by atoms with van der Waals surface area (Å²) in [6.07, 6.45) is 0.309. The number of hydrogen-bond acceptors (Lipinski definition) is 3. The van der Waals surface area contributed by atoms with Crippen molar-refractivity contribution in [3.63, 3.8) is 0 Å². The summed E-state index contributed by atoms with van der Waals surface area (Å²) in [7, 11) is 0. The van der Waals surface area contributed by atoms with E-state index < -0.39 is 12.2 Å². The maximum atomic E-state index is 10.4. The van der Waals surface area contributed by atoms with Gasteiger partial charge in [-0.3, -0.25) is 0 Å². The summed E-state index contributed by atoms with van der Waals surface area (Å²) in [4.78, 5) is 21.2. The first kappa shape index (κ1) is 12.7. The van der Waals surface area contributed by atoms with Crippen LogP contribution in [0.1, 0.15) is 25.7 Å². The molecular weight excluding hydrogens is 188 g/mol. The summed E-state index contributed by atoms with van der Waals surface area (Å²) < 4.78 is 0. The number of amides is 2. The number of carboxylic acid groups (broad SMARTS) is 2. The lowest BCUT2D eigenvalue weighted by Crippen LogP contribution is -2.35. The Hall–Kier alpha value is -1.30. The van der Waals surface area contributed by atoms with E-state index in [-0.39, 0.29) is 6.54 Å². The zero-order valence-corrected chi connectivity index (χ0v) is 7.98. The molecule has 0 aliphatic carbocycles. The molecule has 0 spiro atoms. The molecule has 0 unspecified atom stereocenters. The number of unbranched alkanes of at least 4 members (excludes halogenated alkanes) is 3. The average molecular weight is 204 g/mol. The Labute approximate surface area is 82.3 Å². The van der Waals surface area contributed by atoms with Crippen molar-refractivity contribution >= 4 is 12.2 Å². The third-order valence-electron chi connectivity index (χ3n) is 1.80. The maximum Gasteiger partial charge on any atom is 0.416 e. The Morgan fingerprint density at radius 3 is 1.93 bits per heavy atom. The molecule has 0 aromatic heterocycles. The molecular formula is C8H16N2O4. The molecule has 2 amide bonds. The Morgan fingerprint density at radius 1 is 1.00 bits per heavy atom. The van der Waals surface area contributed by atoms with Crippen LogP contribution in [0.3, 0.4) is 0 Å². The highest BCUT2D eigenvalue weighted by Crippen LogP contribution is 2.01. The monoisotopic (exact) mass is 204 g/mol. The highest BCUT2D eigenvalue weighted by molar-refractivity contribution is 5.85. The zero-order chi connectivity index (χ0) is 11.0. The number of hydrogen-bond donors (Lipinski definition) is 3. The predicted octanol–water partition coefficient (Wildman–Crippen LogP) is 1.16. The second-order valence-corrected chi connectivity index (χ2v) is 2.92. The van der Waals surface area contributed by atoms with Crippen LogP contribution in [0, 0.1) is 0 Å². The lowest BCUT2D eigenvalue weighted by molar-refractivity contribution is 0.122. The first-order valence-corrected chi connectivity index (χ1v) is 4.53. The smallest absolute Gasteiger partial charge is 0.416 e. The van der Waals surface area contributed by atoms with Gasteiger partial charge in [0.15, 0.2) is 0 Å². The van der Waals surface area contributed by atoms with Gasteiger partial charge in [0.2, 0.25) is 0 Å². The molecule has 0 aliphatic rings. The van der Waals surface area contributed by atoms with Crippen LogP contribution in [0.2, 0.25) is 0 Å². The standard InChI is InChI=1S/C8H16N2O4/c9-5-3-1-2-4-6-10(7(11)12)8(13)14/h1-6,9H2,(H,11,12)(H,13,14). The van der Waals surface area contributed by atoms with E-state index in [1.54, 1.807) is 0 Å².